The molecule has 0 aromatic heterocycles. The molecule has 1 heterocycles. The predicted octanol–water partition coefficient (Wildman–Crippen LogP) is -2.09. The topological polar surface area (TPSA) is 149 Å². The van der Waals surface area contributed by atoms with Crippen LogP contribution < -0.4 is 4.74 Å². The summed E-state index contributed by atoms with van der Waals surface area (Å²) in [4.78, 5) is 0. The minimum atomic E-state index is -1.68. The number of hydrogen-bond donors (Lipinski definition) is 6. The van der Waals surface area contributed by atoms with E-state index in [-0.39, 0.29) is 6.61 Å². The number of aliphatic hydroxyl groups excluding tert-OH is 6. The molecule has 0 aliphatic carbocycles. The average molecular weight is 360 g/mol. The van der Waals surface area contributed by atoms with E-state index < -0.39 is 49.5 Å². The molecule has 1 aromatic carbocycles. The summed E-state index contributed by atoms with van der Waals surface area (Å²) >= 11 is 0. The normalized spacial score (nSPS) is 32.2. The second-order valence-electron chi connectivity index (χ2n) is 5.78. The van der Waals surface area contributed by atoms with Gasteiger partial charge in [0.15, 0.2) is 6.29 Å². The number of aliphatic hydroxyl groups is 6. The number of methoxy groups -OCH3 is 1. The van der Waals surface area contributed by atoms with Crippen LogP contribution in [0.25, 0.3) is 0 Å². The fourth-order valence-electron chi connectivity index (χ4n) is 2.67. The van der Waals surface area contributed by atoms with Crippen molar-refractivity contribution in [3.63, 3.8) is 0 Å². The number of rotatable bonds is 7. The third-order valence-corrected chi connectivity index (χ3v) is 4.11. The van der Waals surface area contributed by atoms with Gasteiger partial charge in [0.05, 0.1) is 20.3 Å². The molecule has 1 fully saturated rings. The van der Waals surface area contributed by atoms with Crippen LogP contribution in [-0.2, 0) is 9.47 Å². The molecule has 0 spiro atoms. The van der Waals surface area contributed by atoms with Gasteiger partial charge in [0.25, 0.3) is 0 Å². The van der Waals surface area contributed by atoms with E-state index in [2.05, 4.69) is 0 Å². The summed E-state index contributed by atoms with van der Waals surface area (Å²) in [5.74, 6) is 0.431. The van der Waals surface area contributed by atoms with Crippen molar-refractivity contribution in [2.45, 2.75) is 42.9 Å². The van der Waals surface area contributed by atoms with Crippen molar-refractivity contribution >= 4 is 0 Å². The Bertz CT molecular complexity index is 540. The van der Waals surface area contributed by atoms with E-state index in [1.165, 1.54) is 7.11 Å². The van der Waals surface area contributed by atoms with E-state index >= 15 is 0 Å². The molecule has 0 amide bonds. The molecule has 0 radical (unpaired) electrons. The first-order chi connectivity index (χ1) is 11.9. The number of benzene rings is 1. The highest BCUT2D eigenvalue weighted by Gasteiger charge is 2.43. The van der Waals surface area contributed by atoms with E-state index in [4.69, 9.17) is 14.2 Å². The van der Waals surface area contributed by atoms with Crippen LogP contribution in [-0.4, -0.2) is 87.8 Å². The maximum atomic E-state index is 10.1. The lowest BCUT2D eigenvalue weighted by Crippen LogP contribution is -2.58. The summed E-state index contributed by atoms with van der Waals surface area (Å²) in [6.07, 6.45) is -9.85. The monoisotopic (exact) mass is 360 g/mol. The average Bonchev–Trinajstić information content (AvgIpc) is 2.64. The number of ether oxygens (including phenoxy) is 3. The van der Waals surface area contributed by atoms with Crippen molar-refractivity contribution in [3.8, 4) is 5.75 Å². The molecule has 2 rings (SSSR count). The van der Waals surface area contributed by atoms with Gasteiger partial charge in [-0.15, -0.1) is 0 Å². The summed E-state index contributed by atoms with van der Waals surface area (Å²) in [6.45, 7) is -0.900. The van der Waals surface area contributed by atoms with Crippen molar-refractivity contribution in [1.29, 1.82) is 0 Å². The van der Waals surface area contributed by atoms with E-state index in [1.54, 1.807) is 24.3 Å². The SMILES string of the molecule is COc1ccccc1C(OCC1O[C@H](O)[C@H](O)C(O)[C@@H]1O)C(O)CO. The Balaban J connectivity index is 2.13. The predicted molar refractivity (Wildman–Crippen MR) is 83.7 cm³/mol. The van der Waals surface area contributed by atoms with Gasteiger partial charge in [0.2, 0.25) is 0 Å². The molecule has 1 aliphatic rings. The molecular weight excluding hydrogens is 336 g/mol. The van der Waals surface area contributed by atoms with E-state index in [0.29, 0.717) is 11.3 Å². The van der Waals surface area contributed by atoms with Gasteiger partial charge in [0, 0.05) is 5.56 Å². The van der Waals surface area contributed by atoms with Crippen molar-refractivity contribution in [1.82, 2.24) is 0 Å². The highest BCUT2D eigenvalue weighted by Crippen LogP contribution is 2.31. The largest absolute Gasteiger partial charge is 0.496 e. The lowest BCUT2D eigenvalue weighted by atomic mass is 9.99. The fourth-order valence-corrected chi connectivity index (χ4v) is 2.67. The van der Waals surface area contributed by atoms with Gasteiger partial charge < -0.3 is 44.8 Å². The van der Waals surface area contributed by atoms with Crippen LogP contribution in [0.15, 0.2) is 24.3 Å². The first-order valence-electron chi connectivity index (χ1n) is 7.81. The Kier molecular flexibility index (Phi) is 7.11. The molecule has 25 heavy (non-hydrogen) atoms. The maximum Gasteiger partial charge on any atom is 0.184 e. The van der Waals surface area contributed by atoms with Crippen LogP contribution in [0, 0.1) is 0 Å². The van der Waals surface area contributed by atoms with Gasteiger partial charge >= 0.3 is 0 Å². The summed E-state index contributed by atoms with van der Waals surface area (Å²) < 4.78 is 15.8. The van der Waals surface area contributed by atoms with Crippen LogP contribution >= 0.6 is 0 Å². The van der Waals surface area contributed by atoms with Gasteiger partial charge in [-0.3, -0.25) is 0 Å². The molecule has 142 valence electrons. The zero-order valence-corrected chi connectivity index (χ0v) is 13.7. The molecule has 1 saturated heterocycles. The summed E-state index contributed by atoms with van der Waals surface area (Å²) in [5.41, 5.74) is 0.470. The third-order valence-electron chi connectivity index (χ3n) is 4.11. The van der Waals surface area contributed by atoms with Crippen molar-refractivity contribution < 1.29 is 44.8 Å². The molecule has 7 atom stereocenters. The van der Waals surface area contributed by atoms with E-state index in [1.807, 2.05) is 0 Å². The molecule has 1 aliphatic heterocycles. The summed E-state index contributed by atoms with van der Waals surface area (Å²) in [7, 11) is 1.45. The molecule has 6 N–H and O–H groups in total. The molecule has 4 unspecified atom stereocenters. The zero-order chi connectivity index (χ0) is 18.6. The third kappa shape index (κ3) is 4.46. The molecule has 9 heteroatoms. The first kappa shape index (κ1) is 20.0. The Labute approximate surface area is 144 Å². The maximum absolute atomic E-state index is 10.1. The number of para-hydroxylation sites is 1. The summed E-state index contributed by atoms with van der Waals surface area (Å²) in [6, 6.07) is 6.74. The quantitative estimate of drug-likeness (QED) is 0.322. The highest BCUT2D eigenvalue weighted by molar-refractivity contribution is 5.35. The zero-order valence-electron chi connectivity index (χ0n) is 13.7. The summed E-state index contributed by atoms with van der Waals surface area (Å²) in [5, 5.41) is 58.0. The van der Waals surface area contributed by atoms with Crippen LogP contribution in [0.1, 0.15) is 11.7 Å². The van der Waals surface area contributed by atoms with E-state index in [0.717, 1.165) is 0 Å². The lowest BCUT2D eigenvalue weighted by Gasteiger charge is -2.38. The minimum absolute atomic E-state index is 0.318. The molecule has 0 bridgehead atoms. The Hall–Kier alpha value is -1.30. The highest BCUT2D eigenvalue weighted by atomic mass is 16.6. The van der Waals surface area contributed by atoms with Crippen molar-refractivity contribution in [2.24, 2.45) is 0 Å². The second-order valence-corrected chi connectivity index (χ2v) is 5.78. The Morgan fingerprint density at radius 1 is 1.08 bits per heavy atom. The molecule has 1 aromatic rings. The second kappa shape index (κ2) is 8.88. The molecule has 9 nitrogen and oxygen atoms in total. The van der Waals surface area contributed by atoms with Crippen LogP contribution in [0.2, 0.25) is 0 Å². The van der Waals surface area contributed by atoms with Gasteiger partial charge in [-0.05, 0) is 6.07 Å². The van der Waals surface area contributed by atoms with E-state index in [9.17, 15) is 30.6 Å². The van der Waals surface area contributed by atoms with Crippen LogP contribution in [0.3, 0.4) is 0 Å². The van der Waals surface area contributed by atoms with Gasteiger partial charge in [-0.25, -0.2) is 0 Å². The first-order valence-corrected chi connectivity index (χ1v) is 7.81. The van der Waals surface area contributed by atoms with Gasteiger partial charge in [-0.1, -0.05) is 18.2 Å². The minimum Gasteiger partial charge on any atom is -0.496 e. The molecular formula is C16H24O9. The Morgan fingerprint density at radius 3 is 2.40 bits per heavy atom. The van der Waals surface area contributed by atoms with Crippen LogP contribution in [0.5, 0.6) is 5.75 Å². The molecule has 0 saturated carbocycles. The van der Waals surface area contributed by atoms with Gasteiger partial charge in [0.1, 0.15) is 42.4 Å². The standard InChI is InChI=1S/C16H24O9/c1-23-10-5-3-2-4-8(10)15(9(18)6-17)24-7-11-12(19)13(20)14(21)16(22)25-11/h2-5,9,11-22H,6-7H2,1H3/t9?,11?,12-,13?,14-,15?,16+/m1/s1. The smallest absolute Gasteiger partial charge is 0.184 e. The fraction of sp³-hybridized carbons (Fsp3) is 0.625. The van der Waals surface area contributed by atoms with Crippen molar-refractivity contribution in [3.05, 3.63) is 29.8 Å². The lowest BCUT2D eigenvalue weighted by molar-refractivity contribution is -0.291. The van der Waals surface area contributed by atoms with Gasteiger partial charge in [-0.2, -0.15) is 0 Å². The van der Waals surface area contributed by atoms with Crippen LogP contribution in [0.4, 0.5) is 0 Å². The Morgan fingerprint density at radius 2 is 1.76 bits per heavy atom. The number of hydrogen-bond acceptors (Lipinski definition) is 9. The van der Waals surface area contributed by atoms with Crippen molar-refractivity contribution in [2.75, 3.05) is 20.3 Å².